The lowest BCUT2D eigenvalue weighted by atomic mass is 10.2. The third-order valence-electron chi connectivity index (χ3n) is 3.80. The van der Waals surface area contributed by atoms with E-state index in [1.54, 1.807) is 37.5 Å². The van der Waals surface area contributed by atoms with Crippen LogP contribution in [-0.2, 0) is 19.1 Å². The van der Waals surface area contributed by atoms with Crippen LogP contribution >= 0.6 is 0 Å². The molecule has 0 aliphatic heterocycles. The predicted octanol–water partition coefficient (Wildman–Crippen LogP) is 2.67. The molecule has 0 spiro atoms. The fourth-order valence-corrected chi connectivity index (χ4v) is 2.25. The minimum atomic E-state index is -1.03. The molecule has 2 N–H and O–H groups in total. The topological polar surface area (TPSA) is 93.7 Å². The Kier molecular flexibility index (Phi) is 8.04. The third-order valence-corrected chi connectivity index (χ3v) is 3.80. The molecule has 0 radical (unpaired) electrons. The number of rotatable bonds is 8. The van der Waals surface area contributed by atoms with Crippen molar-refractivity contribution in [3.63, 3.8) is 0 Å². The summed E-state index contributed by atoms with van der Waals surface area (Å²) in [6.45, 7) is 0.655. The van der Waals surface area contributed by atoms with Crippen LogP contribution in [0.2, 0.25) is 0 Å². The second-order valence-corrected chi connectivity index (χ2v) is 6.12. The van der Waals surface area contributed by atoms with E-state index in [1.165, 1.54) is 13.0 Å². The molecule has 0 saturated heterocycles. The highest BCUT2D eigenvalue weighted by Crippen LogP contribution is 2.15. The number of hydrogen-bond donors (Lipinski definition) is 2. The van der Waals surface area contributed by atoms with Crippen LogP contribution in [0.4, 0.5) is 14.5 Å². The van der Waals surface area contributed by atoms with Gasteiger partial charge in [0.15, 0.2) is 6.61 Å². The van der Waals surface area contributed by atoms with Crippen LogP contribution in [0.15, 0.2) is 48.5 Å². The van der Waals surface area contributed by atoms with Crippen molar-refractivity contribution in [3.05, 3.63) is 65.7 Å². The zero-order valence-corrected chi connectivity index (χ0v) is 16.3. The molecular weight excluding hydrogens is 398 g/mol. The van der Waals surface area contributed by atoms with E-state index in [0.29, 0.717) is 5.75 Å². The summed E-state index contributed by atoms with van der Waals surface area (Å²) >= 11 is 0. The van der Waals surface area contributed by atoms with Gasteiger partial charge in [-0.3, -0.25) is 9.59 Å². The molecule has 0 bridgehead atoms. The van der Waals surface area contributed by atoms with E-state index in [2.05, 4.69) is 10.6 Å². The van der Waals surface area contributed by atoms with E-state index in [4.69, 9.17) is 9.47 Å². The van der Waals surface area contributed by atoms with Crippen LogP contribution in [0.1, 0.15) is 12.5 Å². The van der Waals surface area contributed by atoms with E-state index in [0.717, 1.165) is 23.8 Å². The summed E-state index contributed by atoms with van der Waals surface area (Å²) in [7, 11) is 1.54. The Morgan fingerprint density at radius 2 is 1.80 bits per heavy atom. The van der Waals surface area contributed by atoms with Crippen molar-refractivity contribution in [2.75, 3.05) is 19.0 Å². The molecule has 0 heterocycles. The second-order valence-electron chi connectivity index (χ2n) is 6.12. The number of methoxy groups -OCH3 is 1. The Bertz CT molecular complexity index is 945. The molecule has 30 heavy (non-hydrogen) atoms. The van der Waals surface area contributed by atoms with E-state index >= 15 is 0 Å². The number of ether oxygens (including phenoxy) is 2. The molecule has 1 atom stereocenters. The molecule has 0 saturated carbocycles. The van der Waals surface area contributed by atoms with Crippen molar-refractivity contribution in [1.29, 1.82) is 0 Å². The molecule has 2 rings (SSSR count). The van der Waals surface area contributed by atoms with Gasteiger partial charge < -0.3 is 20.1 Å². The van der Waals surface area contributed by atoms with Crippen molar-refractivity contribution >= 4 is 29.5 Å². The summed E-state index contributed by atoms with van der Waals surface area (Å²) in [5.41, 5.74) is 0.378. The number of hydrogen-bond acceptors (Lipinski definition) is 5. The molecule has 158 valence electrons. The van der Waals surface area contributed by atoms with Crippen LogP contribution in [0, 0.1) is 11.6 Å². The van der Waals surface area contributed by atoms with E-state index in [9.17, 15) is 23.2 Å². The maximum absolute atomic E-state index is 13.5. The van der Waals surface area contributed by atoms with Gasteiger partial charge in [-0.15, -0.1) is 0 Å². The largest absolute Gasteiger partial charge is 0.497 e. The molecule has 0 aliphatic rings. The highest BCUT2D eigenvalue weighted by molar-refractivity contribution is 5.96. The number of esters is 1. The monoisotopic (exact) mass is 418 g/mol. The quantitative estimate of drug-likeness (QED) is 0.508. The van der Waals surface area contributed by atoms with Crippen LogP contribution < -0.4 is 15.4 Å². The number of halogens is 2. The standard InChI is InChI=1S/C21H20F2N2O5/c1-13(24-19(26)10-5-14-3-7-16(29-2)8-4-14)21(28)30-12-20(27)25-18-11-15(22)6-9-17(18)23/h3-11,13H,12H2,1-2H3,(H,24,26)(H,25,27)/b10-5+/t13-/m0/s1. The van der Waals surface area contributed by atoms with Gasteiger partial charge in [-0.05, 0) is 42.8 Å². The molecule has 0 unspecified atom stereocenters. The summed E-state index contributed by atoms with van der Waals surface area (Å²) in [4.78, 5) is 35.6. The van der Waals surface area contributed by atoms with Crippen LogP contribution in [0.25, 0.3) is 6.08 Å². The minimum absolute atomic E-state index is 0.374. The number of anilines is 1. The fraction of sp³-hybridized carbons (Fsp3) is 0.190. The molecule has 9 heteroatoms. The number of nitrogens with one attached hydrogen (secondary N) is 2. The van der Waals surface area contributed by atoms with Gasteiger partial charge in [0.05, 0.1) is 12.8 Å². The summed E-state index contributed by atoms with van der Waals surface area (Å²) in [5.74, 6) is -3.15. The fourth-order valence-electron chi connectivity index (χ4n) is 2.25. The van der Waals surface area contributed by atoms with Gasteiger partial charge in [-0.1, -0.05) is 12.1 Å². The van der Waals surface area contributed by atoms with Gasteiger partial charge in [0.2, 0.25) is 5.91 Å². The van der Waals surface area contributed by atoms with Gasteiger partial charge in [0.25, 0.3) is 5.91 Å². The number of carbonyl (C=O) groups is 3. The number of benzene rings is 2. The first-order chi connectivity index (χ1) is 14.3. The average Bonchev–Trinajstić information content (AvgIpc) is 2.73. The van der Waals surface area contributed by atoms with Crippen molar-refractivity contribution in [1.82, 2.24) is 5.32 Å². The van der Waals surface area contributed by atoms with Crippen molar-refractivity contribution in [3.8, 4) is 5.75 Å². The van der Waals surface area contributed by atoms with Crippen molar-refractivity contribution < 1.29 is 32.6 Å². The summed E-state index contributed by atoms with van der Waals surface area (Å²) in [6, 6.07) is 8.49. The molecule has 7 nitrogen and oxygen atoms in total. The summed E-state index contributed by atoms with van der Waals surface area (Å²) in [5, 5.41) is 4.49. The van der Waals surface area contributed by atoms with E-state index in [1.807, 2.05) is 0 Å². The SMILES string of the molecule is COc1ccc(/C=C/C(=O)N[C@@H](C)C(=O)OCC(=O)Nc2cc(F)ccc2F)cc1. The Labute approximate surface area is 171 Å². The Balaban J connectivity index is 1.79. The molecule has 0 fully saturated rings. The molecule has 0 aromatic heterocycles. The van der Waals surface area contributed by atoms with Gasteiger partial charge >= 0.3 is 5.97 Å². The Morgan fingerprint density at radius 1 is 1.10 bits per heavy atom. The van der Waals surface area contributed by atoms with Crippen LogP contribution in [0.3, 0.4) is 0 Å². The predicted molar refractivity (Wildman–Crippen MR) is 106 cm³/mol. The zero-order valence-electron chi connectivity index (χ0n) is 16.3. The number of carbonyl (C=O) groups excluding carboxylic acids is 3. The first kappa shape index (κ1) is 22.5. The summed E-state index contributed by atoms with van der Waals surface area (Å²) in [6.07, 6.45) is 2.79. The lowest BCUT2D eigenvalue weighted by Gasteiger charge is -2.12. The molecule has 2 aromatic carbocycles. The van der Waals surface area contributed by atoms with Gasteiger partial charge in [0, 0.05) is 12.1 Å². The normalized spacial score (nSPS) is 11.6. The van der Waals surface area contributed by atoms with Gasteiger partial charge in [-0.2, -0.15) is 0 Å². The molecule has 2 aromatic rings. The van der Waals surface area contributed by atoms with Crippen LogP contribution in [-0.4, -0.2) is 37.5 Å². The van der Waals surface area contributed by atoms with Gasteiger partial charge in [-0.25, -0.2) is 13.6 Å². The maximum atomic E-state index is 13.5. The smallest absolute Gasteiger partial charge is 0.328 e. The highest BCUT2D eigenvalue weighted by Gasteiger charge is 2.18. The molecule has 2 amide bonds. The molecular formula is C21H20F2N2O5. The first-order valence-corrected chi connectivity index (χ1v) is 8.82. The maximum Gasteiger partial charge on any atom is 0.328 e. The van der Waals surface area contributed by atoms with Crippen LogP contribution in [0.5, 0.6) is 5.75 Å². The molecule has 0 aliphatic carbocycles. The Hall–Kier alpha value is -3.75. The second kappa shape index (κ2) is 10.7. The average molecular weight is 418 g/mol. The van der Waals surface area contributed by atoms with Crippen molar-refractivity contribution in [2.45, 2.75) is 13.0 Å². The van der Waals surface area contributed by atoms with E-state index < -0.39 is 42.1 Å². The van der Waals surface area contributed by atoms with Gasteiger partial charge in [0.1, 0.15) is 23.4 Å². The first-order valence-electron chi connectivity index (χ1n) is 8.82. The van der Waals surface area contributed by atoms with Crippen molar-refractivity contribution in [2.24, 2.45) is 0 Å². The summed E-state index contributed by atoms with van der Waals surface area (Å²) < 4.78 is 36.4. The zero-order chi connectivity index (χ0) is 22.1. The lowest BCUT2D eigenvalue weighted by Crippen LogP contribution is -2.39. The third kappa shape index (κ3) is 7.01. The lowest BCUT2D eigenvalue weighted by molar-refractivity contribution is -0.149. The highest BCUT2D eigenvalue weighted by atomic mass is 19.1. The van der Waals surface area contributed by atoms with E-state index in [-0.39, 0.29) is 5.69 Å². The number of amides is 2. The Morgan fingerprint density at radius 3 is 2.47 bits per heavy atom. The minimum Gasteiger partial charge on any atom is -0.497 e.